The third-order valence-electron chi connectivity index (χ3n) is 3.62. The second-order valence-electron chi connectivity index (χ2n) is 6.18. The number of aryl methyl sites for hydroxylation is 2. The summed E-state index contributed by atoms with van der Waals surface area (Å²) in [7, 11) is 1.62. The average Bonchev–Trinajstić information content (AvgIpc) is 2.63. The summed E-state index contributed by atoms with van der Waals surface area (Å²) in [6.45, 7) is 9.97. The summed E-state index contributed by atoms with van der Waals surface area (Å²) in [5.74, 6) is 0.751. The summed E-state index contributed by atoms with van der Waals surface area (Å²) in [5.41, 5.74) is 3.23. The molecule has 0 aliphatic carbocycles. The predicted octanol–water partition coefficient (Wildman–Crippen LogP) is 4.09. The fourth-order valence-electron chi connectivity index (χ4n) is 2.94. The molecule has 0 amide bonds. The molecule has 1 heterocycles. The van der Waals surface area contributed by atoms with Gasteiger partial charge in [-0.05, 0) is 37.1 Å². The first-order valence-corrected chi connectivity index (χ1v) is 6.62. The molecule has 108 valence electrons. The first-order valence-electron chi connectivity index (χ1n) is 6.62. The van der Waals surface area contributed by atoms with Crippen molar-refractivity contribution in [1.29, 1.82) is 0 Å². The number of methoxy groups -OCH3 is 1. The zero-order valence-corrected chi connectivity index (χ0v) is 12.9. The molecule has 0 saturated carbocycles. The Morgan fingerprint density at radius 2 is 1.85 bits per heavy atom. The highest BCUT2D eigenvalue weighted by Gasteiger charge is 2.28. The molecule has 0 aliphatic rings. The number of aromatic nitrogens is 1. The maximum Gasteiger partial charge on any atom is 0.416 e. The summed E-state index contributed by atoms with van der Waals surface area (Å²) in [6.07, 6.45) is -0.943. The van der Waals surface area contributed by atoms with E-state index in [1.54, 1.807) is 7.11 Å². The van der Waals surface area contributed by atoms with Crippen molar-refractivity contribution in [3.63, 3.8) is 0 Å². The highest BCUT2D eigenvalue weighted by molar-refractivity contribution is 5.96. The van der Waals surface area contributed by atoms with Gasteiger partial charge in [0.05, 0.1) is 12.6 Å². The maximum absolute atomic E-state index is 11.7. The molecule has 2 rings (SSSR count). The lowest BCUT2D eigenvalue weighted by molar-refractivity contribution is 0.195. The van der Waals surface area contributed by atoms with Crippen LogP contribution in [0.15, 0.2) is 12.1 Å². The van der Waals surface area contributed by atoms with Crippen LogP contribution in [-0.2, 0) is 5.41 Å². The number of carboxylic acid groups (broad SMARTS) is 1. The molecule has 0 spiro atoms. The van der Waals surface area contributed by atoms with E-state index in [9.17, 15) is 9.90 Å². The van der Waals surface area contributed by atoms with Gasteiger partial charge in [0.1, 0.15) is 5.75 Å². The van der Waals surface area contributed by atoms with Crippen LogP contribution in [0, 0.1) is 13.8 Å². The minimum Gasteiger partial charge on any atom is -0.497 e. The molecule has 0 saturated heterocycles. The fraction of sp³-hybridized carbons (Fsp3) is 0.438. The maximum atomic E-state index is 11.7. The Morgan fingerprint density at radius 1 is 1.25 bits per heavy atom. The van der Waals surface area contributed by atoms with Gasteiger partial charge in [-0.1, -0.05) is 20.8 Å². The molecule has 20 heavy (non-hydrogen) atoms. The van der Waals surface area contributed by atoms with E-state index < -0.39 is 6.09 Å². The van der Waals surface area contributed by atoms with Gasteiger partial charge in [-0.15, -0.1) is 0 Å². The van der Waals surface area contributed by atoms with Crippen molar-refractivity contribution in [1.82, 2.24) is 4.57 Å². The van der Waals surface area contributed by atoms with Gasteiger partial charge in [-0.2, -0.15) is 0 Å². The van der Waals surface area contributed by atoms with Crippen LogP contribution < -0.4 is 4.74 Å². The quantitative estimate of drug-likeness (QED) is 0.852. The van der Waals surface area contributed by atoms with E-state index in [1.807, 2.05) is 46.8 Å². The van der Waals surface area contributed by atoms with Crippen LogP contribution in [0.25, 0.3) is 10.9 Å². The van der Waals surface area contributed by atoms with E-state index in [1.165, 1.54) is 4.57 Å². The SMILES string of the molecule is COc1cc(C)c2c(c1)c(C)c(C(C)(C)C)n2C(=O)O. The predicted molar refractivity (Wildman–Crippen MR) is 80.1 cm³/mol. The molecule has 1 aromatic carbocycles. The molecule has 0 bridgehead atoms. The minimum atomic E-state index is -0.943. The molecular weight excluding hydrogens is 254 g/mol. The number of hydrogen-bond donors (Lipinski definition) is 1. The number of benzene rings is 1. The van der Waals surface area contributed by atoms with E-state index in [-0.39, 0.29) is 5.41 Å². The average molecular weight is 275 g/mol. The number of rotatable bonds is 1. The van der Waals surface area contributed by atoms with Crippen LogP contribution >= 0.6 is 0 Å². The van der Waals surface area contributed by atoms with Gasteiger partial charge >= 0.3 is 6.09 Å². The Balaban J connectivity index is 3.01. The number of nitrogens with zero attached hydrogens (tertiary/aromatic N) is 1. The van der Waals surface area contributed by atoms with Crippen molar-refractivity contribution < 1.29 is 14.6 Å². The molecule has 0 atom stereocenters. The summed E-state index contributed by atoms with van der Waals surface area (Å²) in [6, 6.07) is 3.78. The number of hydrogen-bond acceptors (Lipinski definition) is 2. The second kappa shape index (κ2) is 4.54. The summed E-state index contributed by atoms with van der Waals surface area (Å²) in [5, 5.41) is 10.6. The van der Waals surface area contributed by atoms with E-state index in [0.717, 1.165) is 33.5 Å². The van der Waals surface area contributed by atoms with Crippen LogP contribution in [0.5, 0.6) is 5.75 Å². The van der Waals surface area contributed by atoms with Crippen LogP contribution in [0.3, 0.4) is 0 Å². The summed E-state index contributed by atoms with van der Waals surface area (Å²) in [4.78, 5) is 11.7. The van der Waals surface area contributed by atoms with Crippen molar-refractivity contribution >= 4 is 17.0 Å². The van der Waals surface area contributed by atoms with Crippen molar-refractivity contribution in [3.8, 4) is 5.75 Å². The monoisotopic (exact) mass is 275 g/mol. The van der Waals surface area contributed by atoms with Crippen molar-refractivity contribution in [2.45, 2.75) is 40.0 Å². The molecular formula is C16H21NO3. The third-order valence-corrected chi connectivity index (χ3v) is 3.62. The molecule has 1 aromatic heterocycles. The molecule has 2 aromatic rings. The van der Waals surface area contributed by atoms with Gasteiger partial charge in [-0.25, -0.2) is 9.36 Å². The number of fused-ring (bicyclic) bond motifs is 1. The van der Waals surface area contributed by atoms with Gasteiger partial charge in [0.2, 0.25) is 0 Å². The van der Waals surface area contributed by atoms with Gasteiger partial charge in [0.15, 0.2) is 0 Å². The summed E-state index contributed by atoms with van der Waals surface area (Å²) >= 11 is 0. The zero-order chi connectivity index (χ0) is 15.2. The topological polar surface area (TPSA) is 51.5 Å². The molecule has 1 N–H and O–H groups in total. The molecule has 0 unspecified atom stereocenters. The third kappa shape index (κ3) is 2.05. The van der Waals surface area contributed by atoms with Crippen LogP contribution in [0.4, 0.5) is 4.79 Å². The first-order chi connectivity index (χ1) is 9.18. The smallest absolute Gasteiger partial charge is 0.416 e. The second-order valence-corrected chi connectivity index (χ2v) is 6.18. The highest BCUT2D eigenvalue weighted by atomic mass is 16.5. The largest absolute Gasteiger partial charge is 0.497 e. The van der Waals surface area contributed by atoms with Crippen LogP contribution in [0.1, 0.15) is 37.6 Å². The van der Waals surface area contributed by atoms with Crippen molar-refractivity contribution in [2.75, 3.05) is 7.11 Å². The zero-order valence-electron chi connectivity index (χ0n) is 12.9. The Morgan fingerprint density at radius 3 is 2.30 bits per heavy atom. The normalized spacial score (nSPS) is 11.9. The molecule has 4 heteroatoms. The Bertz CT molecular complexity index is 690. The first kappa shape index (κ1) is 14.4. The van der Waals surface area contributed by atoms with Gasteiger partial charge in [0.25, 0.3) is 0 Å². The molecule has 4 nitrogen and oxygen atoms in total. The number of ether oxygens (including phenoxy) is 1. The van der Waals surface area contributed by atoms with Crippen molar-refractivity contribution in [3.05, 3.63) is 29.0 Å². The highest BCUT2D eigenvalue weighted by Crippen LogP contribution is 2.37. The molecule has 0 radical (unpaired) electrons. The Hall–Kier alpha value is -1.97. The van der Waals surface area contributed by atoms with Crippen molar-refractivity contribution in [2.24, 2.45) is 0 Å². The summed E-state index contributed by atoms with van der Waals surface area (Å²) < 4.78 is 6.71. The van der Waals surface area contributed by atoms with Gasteiger partial charge in [-0.3, -0.25) is 0 Å². The Kier molecular flexibility index (Phi) is 3.28. The molecule has 0 aliphatic heterocycles. The standard InChI is InChI=1S/C16H21NO3/c1-9-7-11(20-6)8-12-10(2)14(16(3,4)5)17(13(9)12)15(18)19/h7-8H,1-6H3,(H,18,19). The lowest BCUT2D eigenvalue weighted by atomic mass is 9.89. The fourth-order valence-corrected chi connectivity index (χ4v) is 2.94. The minimum absolute atomic E-state index is 0.249. The molecule has 0 fully saturated rings. The van der Waals surface area contributed by atoms with E-state index in [2.05, 4.69) is 0 Å². The van der Waals surface area contributed by atoms with E-state index in [4.69, 9.17) is 4.74 Å². The number of carbonyl (C=O) groups is 1. The van der Waals surface area contributed by atoms with Gasteiger partial charge in [0, 0.05) is 16.5 Å². The lowest BCUT2D eigenvalue weighted by Crippen LogP contribution is -2.22. The van der Waals surface area contributed by atoms with E-state index >= 15 is 0 Å². The van der Waals surface area contributed by atoms with E-state index in [0.29, 0.717) is 0 Å². The Labute approximate surface area is 119 Å². The van der Waals surface area contributed by atoms with Crippen LogP contribution in [-0.4, -0.2) is 22.9 Å². The van der Waals surface area contributed by atoms with Gasteiger partial charge < -0.3 is 9.84 Å². The lowest BCUT2D eigenvalue weighted by Gasteiger charge is -2.21. The van der Waals surface area contributed by atoms with Crippen LogP contribution in [0.2, 0.25) is 0 Å².